The maximum absolute atomic E-state index is 13.5. The molecule has 0 aromatic heterocycles. The Bertz CT molecular complexity index is 438. The van der Waals surface area contributed by atoms with Gasteiger partial charge in [-0.15, -0.1) is 0 Å². The highest BCUT2D eigenvalue weighted by Gasteiger charge is 2.27. The minimum atomic E-state index is -0.132. The second-order valence-electron chi connectivity index (χ2n) is 5.56. The Morgan fingerprint density at radius 3 is 3.00 bits per heavy atom. The van der Waals surface area contributed by atoms with Gasteiger partial charge in [-0.3, -0.25) is 0 Å². The van der Waals surface area contributed by atoms with Gasteiger partial charge in [0.2, 0.25) is 0 Å². The molecule has 2 unspecified atom stereocenters. The number of aryl methyl sites for hydroxylation is 1. The molecule has 0 bridgehead atoms. The van der Waals surface area contributed by atoms with E-state index in [-0.39, 0.29) is 5.82 Å². The number of benzene rings is 1. The van der Waals surface area contributed by atoms with Gasteiger partial charge in [0, 0.05) is 30.1 Å². The first-order valence-electron chi connectivity index (χ1n) is 7.38. The van der Waals surface area contributed by atoms with Gasteiger partial charge < -0.3 is 10.2 Å². The van der Waals surface area contributed by atoms with E-state index in [2.05, 4.69) is 31.1 Å². The maximum Gasteiger partial charge on any atom is 0.123 e. The lowest BCUT2D eigenvalue weighted by molar-refractivity contribution is 0.215. The Labute approximate surface area is 126 Å². The highest BCUT2D eigenvalue weighted by molar-refractivity contribution is 7.99. The van der Waals surface area contributed by atoms with Crippen molar-refractivity contribution in [3.63, 3.8) is 0 Å². The summed E-state index contributed by atoms with van der Waals surface area (Å²) in [5, 5.41) is 3.60. The fourth-order valence-electron chi connectivity index (χ4n) is 2.83. The van der Waals surface area contributed by atoms with E-state index < -0.39 is 0 Å². The molecule has 4 heteroatoms. The quantitative estimate of drug-likeness (QED) is 0.899. The molecule has 0 spiro atoms. The number of nitrogens with zero attached hydrogens (tertiary/aromatic N) is 1. The van der Waals surface area contributed by atoms with Gasteiger partial charge in [-0.25, -0.2) is 4.39 Å². The van der Waals surface area contributed by atoms with Crippen LogP contribution in [0.4, 0.5) is 4.39 Å². The highest BCUT2D eigenvalue weighted by atomic mass is 32.2. The monoisotopic (exact) mass is 296 g/mol. The van der Waals surface area contributed by atoms with Crippen LogP contribution in [0.1, 0.15) is 18.1 Å². The molecule has 1 aromatic carbocycles. The van der Waals surface area contributed by atoms with Crippen LogP contribution in [0.2, 0.25) is 0 Å². The van der Waals surface area contributed by atoms with Gasteiger partial charge in [0.15, 0.2) is 0 Å². The topological polar surface area (TPSA) is 15.3 Å². The third-order valence-corrected chi connectivity index (χ3v) is 5.17. The van der Waals surface area contributed by atoms with Crippen LogP contribution in [-0.4, -0.2) is 48.6 Å². The summed E-state index contributed by atoms with van der Waals surface area (Å²) in [7, 11) is 2.20. The third kappa shape index (κ3) is 3.96. The molecule has 1 fully saturated rings. The van der Waals surface area contributed by atoms with Crippen LogP contribution in [0.15, 0.2) is 18.2 Å². The summed E-state index contributed by atoms with van der Waals surface area (Å²) in [6, 6.07) is 6.03. The van der Waals surface area contributed by atoms with E-state index >= 15 is 0 Å². The Balaban J connectivity index is 2.13. The van der Waals surface area contributed by atoms with Crippen LogP contribution in [0.5, 0.6) is 0 Å². The van der Waals surface area contributed by atoms with Crippen molar-refractivity contribution in [2.45, 2.75) is 32.4 Å². The molecule has 1 aliphatic rings. The standard InChI is InChI=1S/C16H25FN2S/c1-4-18-15(16-11-20-8-7-19(16)3)10-13-9-14(17)6-5-12(13)2/h5-6,9,15-16,18H,4,7-8,10-11H2,1-3H3. The summed E-state index contributed by atoms with van der Waals surface area (Å²) in [6.07, 6.45) is 0.896. The molecule has 0 radical (unpaired) electrons. The SMILES string of the molecule is CCNC(Cc1cc(F)ccc1C)C1CSCCN1C. The maximum atomic E-state index is 13.5. The van der Waals surface area contributed by atoms with Crippen molar-refractivity contribution in [1.29, 1.82) is 0 Å². The van der Waals surface area contributed by atoms with Gasteiger partial charge in [-0.2, -0.15) is 11.8 Å². The molecule has 1 heterocycles. The molecule has 112 valence electrons. The molecule has 0 aliphatic carbocycles. The van der Waals surface area contributed by atoms with Crippen molar-refractivity contribution in [3.8, 4) is 0 Å². The first-order valence-corrected chi connectivity index (χ1v) is 8.53. The average molecular weight is 296 g/mol. The van der Waals surface area contributed by atoms with Crippen molar-refractivity contribution >= 4 is 11.8 Å². The summed E-state index contributed by atoms with van der Waals surface area (Å²) in [4.78, 5) is 2.44. The molecule has 2 nitrogen and oxygen atoms in total. The molecule has 20 heavy (non-hydrogen) atoms. The summed E-state index contributed by atoms with van der Waals surface area (Å²) in [6.45, 7) is 6.30. The lowest BCUT2D eigenvalue weighted by Gasteiger charge is -2.38. The number of likely N-dealkylation sites (N-methyl/N-ethyl adjacent to an activating group) is 2. The Hall–Kier alpha value is -0.580. The predicted molar refractivity (Wildman–Crippen MR) is 86.0 cm³/mol. The normalized spacial score (nSPS) is 21.9. The van der Waals surface area contributed by atoms with E-state index in [4.69, 9.17) is 0 Å². The third-order valence-electron chi connectivity index (χ3n) is 4.12. The van der Waals surface area contributed by atoms with Crippen molar-refractivity contribution < 1.29 is 4.39 Å². The molecule has 1 aromatic rings. The summed E-state index contributed by atoms with van der Waals surface area (Å²) in [5.41, 5.74) is 2.31. The number of hydrogen-bond acceptors (Lipinski definition) is 3. The van der Waals surface area contributed by atoms with E-state index in [9.17, 15) is 4.39 Å². The van der Waals surface area contributed by atoms with Gasteiger partial charge >= 0.3 is 0 Å². The molecular weight excluding hydrogens is 271 g/mol. The smallest absolute Gasteiger partial charge is 0.123 e. The summed E-state index contributed by atoms with van der Waals surface area (Å²) < 4.78 is 13.5. The van der Waals surface area contributed by atoms with Crippen LogP contribution >= 0.6 is 11.8 Å². The van der Waals surface area contributed by atoms with Gasteiger partial charge in [-0.1, -0.05) is 13.0 Å². The molecule has 1 N–H and O–H groups in total. The zero-order chi connectivity index (χ0) is 14.5. The first kappa shape index (κ1) is 15.8. The fraction of sp³-hybridized carbons (Fsp3) is 0.625. The first-order chi connectivity index (χ1) is 9.61. The Kier molecular flexibility index (Phi) is 5.87. The Morgan fingerprint density at radius 2 is 2.30 bits per heavy atom. The zero-order valence-corrected chi connectivity index (χ0v) is 13.5. The number of thioether (sulfide) groups is 1. The molecule has 2 atom stereocenters. The van der Waals surface area contributed by atoms with E-state index in [1.54, 1.807) is 12.1 Å². The zero-order valence-electron chi connectivity index (χ0n) is 12.7. The average Bonchev–Trinajstić information content (AvgIpc) is 2.43. The summed E-state index contributed by atoms with van der Waals surface area (Å²) >= 11 is 2.02. The minimum Gasteiger partial charge on any atom is -0.312 e. The second kappa shape index (κ2) is 7.43. The van der Waals surface area contributed by atoms with Crippen molar-refractivity contribution in [2.24, 2.45) is 0 Å². The van der Waals surface area contributed by atoms with E-state index in [1.165, 1.54) is 11.3 Å². The Morgan fingerprint density at radius 1 is 1.50 bits per heavy atom. The lowest BCUT2D eigenvalue weighted by Crippen LogP contribution is -2.53. The largest absolute Gasteiger partial charge is 0.312 e. The number of halogens is 1. The van der Waals surface area contributed by atoms with Crippen molar-refractivity contribution in [2.75, 3.05) is 31.6 Å². The van der Waals surface area contributed by atoms with Crippen molar-refractivity contribution in [1.82, 2.24) is 10.2 Å². The lowest BCUT2D eigenvalue weighted by atomic mass is 9.96. The van der Waals surface area contributed by atoms with Crippen LogP contribution < -0.4 is 5.32 Å². The van der Waals surface area contributed by atoms with Crippen LogP contribution in [-0.2, 0) is 6.42 Å². The molecular formula is C16H25FN2S. The molecule has 1 aliphatic heterocycles. The minimum absolute atomic E-state index is 0.132. The van der Waals surface area contributed by atoms with Crippen LogP contribution in [0, 0.1) is 12.7 Å². The molecule has 1 saturated heterocycles. The number of hydrogen-bond donors (Lipinski definition) is 1. The van der Waals surface area contributed by atoms with E-state index in [0.717, 1.165) is 30.8 Å². The highest BCUT2D eigenvalue weighted by Crippen LogP contribution is 2.21. The summed E-state index contributed by atoms with van der Waals surface area (Å²) in [5.74, 6) is 2.24. The molecule has 2 rings (SSSR count). The molecule has 0 amide bonds. The predicted octanol–water partition coefficient (Wildman–Crippen LogP) is 2.70. The second-order valence-corrected chi connectivity index (χ2v) is 6.71. The van der Waals surface area contributed by atoms with Crippen LogP contribution in [0.25, 0.3) is 0 Å². The molecule has 0 saturated carbocycles. The fourth-order valence-corrected chi connectivity index (χ4v) is 4.14. The van der Waals surface area contributed by atoms with Gasteiger partial charge in [0.25, 0.3) is 0 Å². The van der Waals surface area contributed by atoms with Gasteiger partial charge in [0.1, 0.15) is 5.82 Å². The number of nitrogens with one attached hydrogen (secondary N) is 1. The van der Waals surface area contributed by atoms with Gasteiger partial charge in [0.05, 0.1) is 0 Å². The van der Waals surface area contributed by atoms with E-state index in [0.29, 0.717) is 12.1 Å². The van der Waals surface area contributed by atoms with Gasteiger partial charge in [-0.05, 0) is 50.2 Å². The van der Waals surface area contributed by atoms with E-state index in [1.807, 2.05) is 17.8 Å². The number of rotatable bonds is 5. The van der Waals surface area contributed by atoms with Crippen LogP contribution in [0.3, 0.4) is 0 Å². The van der Waals surface area contributed by atoms with Crippen molar-refractivity contribution in [3.05, 3.63) is 35.1 Å².